The summed E-state index contributed by atoms with van der Waals surface area (Å²) in [4.78, 5) is 12.4. The number of aliphatic hydroxyl groups excluding tert-OH is 2. The third-order valence-electron chi connectivity index (χ3n) is 5.57. The minimum absolute atomic E-state index is 0.104. The highest BCUT2D eigenvalue weighted by atomic mass is 35.5. The summed E-state index contributed by atoms with van der Waals surface area (Å²) in [6.07, 6.45) is 4.10. The number of hydrogen-bond donors (Lipinski definition) is 3. The molecule has 4 unspecified atom stereocenters. The van der Waals surface area contributed by atoms with E-state index >= 15 is 0 Å². The number of alkyl halides is 1. The van der Waals surface area contributed by atoms with E-state index in [2.05, 4.69) is 11.8 Å². The maximum Gasteiger partial charge on any atom is 0.345 e. The Kier molecular flexibility index (Phi) is 8.35. The zero-order valence-corrected chi connectivity index (χ0v) is 18.3. The fraction of sp³-hybridized carbons (Fsp3) is 0.458. The van der Waals surface area contributed by atoms with Gasteiger partial charge >= 0.3 is 5.97 Å². The largest absolute Gasteiger partial charge is 0.477 e. The third-order valence-corrected chi connectivity index (χ3v) is 7.21. The minimum Gasteiger partial charge on any atom is -0.477 e. The summed E-state index contributed by atoms with van der Waals surface area (Å²) in [5.74, 6) is 5.55. The van der Waals surface area contributed by atoms with E-state index in [1.807, 2.05) is 30.3 Å². The number of aromatic carboxylic acids is 1. The Hall–Kier alpha value is -1.84. The van der Waals surface area contributed by atoms with Gasteiger partial charge in [-0.15, -0.1) is 22.9 Å². The Morgan fingerprint density at radius 1 is 1.20 bits per heavy atom. The molecule has 0 saturated heterocycles. The van der Waals surface area contributed by atoms with Crippen molar-refractivity contribution in [1.82, 2.24) is 0 Å². The van der Waals surface area contributed by atoms with Gasteiger partial charge in [-0.05, 0) is 74.3 Å². The van der Waals surface area contributed by atoms with E-state index in [1.165, 1.54) is 11.3 Å². The number of carboxylic acid groups (broad SMARTS) is 1. The standard InChI is InChI=1S/C24H27ClO4S/c25-21-15-22(27)20(11-9-17-5-1-4-16(14-17)6-3-13-26)19(21)8-2-7-18-10-12-23(30-18)24(28)29/h1,4-5,10,12,14,19-22,26-27H,2-3,6-8,13,15H2,(H,28,29). The van der Waals surface area contributed by atoms with Crippen LogP contribution in [0.3, 0.4) is 0 Å². The molecule has 0 amide bonds. The predicted molar refractivity (Wildman–Crippen MR) is 120 cm³/mol. The Labute approximate surface area is 186 Å². The van der Waals surface area contributed by atoms with Gasteiger partial charge in [0.15, 0.2) is 0 Å². The van der Waals surface area contributed by atoms with Gasteiger partial charge in [0.2, 0.25) is 0 Å². The quantitative estimate of drug-likeness (QED) is 0.416. The van der Waals surface area contributed by atoms with E-state index in [-0.39, 0.29) is 23.8 Å². The third kappa shape index (κ3) is 6.09. The van der Waals surface area contributed by atoms with E-state index in [0.29, 0.717) is 11.3 Å². The molecular weight excluding hydrogens is 420 g/mol. The first-order valence-corrected chi connectivity index (χ1v) is 11.6. The zero-order chi connectivity index (χ0) is 21.5. The average molecular weight is 447 g/mol. The van der Waals surface area contributed by atoms with Crippen LogP contribution in [-0.4, -0.2) is 39.4 Å². The number of benzene rings is 1. The summed E-state index contributed by atoms with van der Waals surface area (Å²) < 4.78 is 0. The smallest absolute Gasteiger partial charge is 0.345 e. The number of halogens is 1. The molecule has 3 N–H and O–H groups in total. The first kappa shape index (κ1) is 22.8. The van der Waals surface area contributed by atoms with Gasteiger partial charge in [0.1, 0.15) is 4.88 Å². The number of carboxylic acids is 1. The lowest BCUT2D eigenvalue weighted by Gasteiger charge is -2.18. The van der Waals surface area contributed by atoms with Crippen LogP contribution in [0.25, 0.3) is 0 Å². The molecule has 4 nitrogen and oxygen atoms in total. The van der Waals surface area contributed by atoms with E-state index in [9.17, 15) is 9.90 Å². The molecule has 0 spiro atoms. The lowest BCUT2D eigenvalue weighted by atomic mass is 9.90. The highest BCUT2D eigenvalue weighted by Crippen LogP contribution is 2.39. The Balaban J connectivity index is 1.62. The second-order valence-corrected chi connectivity index (χ2v) is 9.50. The van der Waals surface area contributed by atoms with Gasteiger partial charge in [0.05, 0.1) is 12.0 Å². The van der Waals surface area contributed by atoms with Crippen molar-refractivity contribution >= 4 is 28.9 Å². The van der Waals surface area contributed by atoms with Crippen LogP contribution in [0.2, 0.25) is 0 Å². The lowest BCUT2D eigenvalue weighted by Crippen LogP contribution is -2.19. The first-order valence-electron chi connectivity index (χ1n) is 10.3. The van der Waals surface area contributed by atoms with Crippen LogP contribution >= 0.6 is 22.9 Å². The Morgan fingerprint density at radius 2 is 2.03 bits per heavy atom. The van der Waals surface area contributed by atoms with Crippen molar-refractivity contribution < 1.29 is 20.1 Å². The fourth-order valence-corrected chi connectivity index (χ4v) is 5.37. The molecule has 1 aliphatic rings. The molecule has 1 aliphatic carbocycles. The first-order chi connectivity index (χ1) is 14.5. The van der Waals surface area contributed by atoms with Crippen molar-refractivity contribution in [2.75, 3.05) is 6.61 Å². The van der Waals surface area contributed by atoms with Gasteiger partial charge in [0.25, 0.3) is 0 Å². The molecule has 1 saturated carbocycles. The molecule has 6 heteroatoms. The van der Waals surface area contributed by atoms with Crippen LogP contribution < -0.4 is 0 Å². The van der Waals surface area contributed by atoms with Crippen LogP contribution in [0.5, 0.6) is 0 Å². The number of aliphatic hydroxyl groups is 2. The second-order valence-electron chi connectivity index (χ2n) is 7.77. The van der Waals surface area contributed by atoms with Crippen LogP contribution in [0, 0.1) is 23.7 Å². The lowest BCUT2D eigenvalue weighted by molar-refractivity contribution is 0.0702. The zero-order valence-electron chi connectivity index (χ0n) is 16.8. The van der Waals surface area contributed by atoms with Gasteiger partial charge in [-0.1, -0.05) is 24.0 Å². The normalized spacial score (nSPS) is 23.2. The van der Waals surface area contributed by atoms with E-state index in [4.69, 9.17) is 21.8 Å². The van der Waals surface area contributed by atoms with Crippen LogP contribution in [-0.2, 0) is 12.8 Å². The van der Waals surface area contributed by atoms with E-state index in [1.54, 1.807) is 6.07 Å². The summed E-state index contributed by atoms with van der Waals surface area (Å²) in [5, 5.41) is 28.4. The summed E-state index contributed by atoms with van der Waals surface area (Å²) in [7, 11) is 0. The molecule has 160 valence electrons. The van der Waals surface area contributed by atoms with E-state index in [0.717, 1.165) is 48.1 Å². The molecule has 2 aromatic rings. The van der Waals surface area contributed by atoms with Crippen molar-refractivity contribution in [3.05, 3.63) is 57.3 Å². The summed E-state index contributed by atoms with van der Waals surface area (Å²) >= 11 is 7.85. The fourth-order valence-electron chi connectivity index (χ4n) is 4.02. The number of aryl methyl sites for hydroxylation is 2. The second kappa shape index (κ2) is 11.0. The maximum atomic E-state index is 11.0. The van der Waals surface area contributed by atoms with Gasteiger partial charge < -0.3 is 15.3 Å². The molecule has 0 aliphatic heterocycles. The van der Waals surface area contributed by atoms with Crippen LogP contribution in [0.15, 0.2) is 36.4 Å². The topological polar surface area (TPSA) is 77.8 Å². The van der Waals surface area contributed by atoms with Crippen molar-refractivity contribution in [3.8, 4) is 11.8 Å². The number of thiophene rings is 1. The number of carbonyl (C=O) groups is 1. The highest BCUT2D eigenvalue weighted by Gasteiger charge is 2.40. The molecule has 1 aromatic carbocycles. The van der Waals surface area contributed by atoms with Gasteiger partial charge in [-0.3, -0.25) is 0 Å². The average Bonchev–Trinajstić information content (AvgIpc) is 3.30. The Bertz CT molecular complexity index is 913. The monoisotopic (exact) mass is 446 g/mol. The SMILES string of the molecule is O=C(O)c1ccc(CCCC2C(Cl)CC(O)C2C#Cc2cccc(CCCO)c2)s1. The van der Waals surface area contributed by atoms with Crippen molar-refractivity contribution in [2.24, 2.45) is 11.8 Å². The van der Waals surface area contributed by atoms with Gasteiger partial charge in [-0.25, -0.2) is 4.79 Å². The molecule has 3 rings (SSSR count). The predicted octanol–water partition coefficient (Wildman–Crippen LogP) is 4.35. The van der Waals surface area contributed by atoms with Crippen LogP contribution in [0.1, 0.15) is 51.4 Å². The van der Waals surface area contributed by atoms with Crippen molar-refractivity contribution in [2.45, 2.75) is 50.0 Å². The highest BCUT2D eigenvalue weighted by molar-refractivity contribution is 7.13. The minimum atomic E-state index is -0.887. The summed E-state index contributed by atoms with van der Waals surface area (Å²) in [6.45, 7) is 0.173. The Morgan fingerprint density at radius 3 is 2.77 bits per heavy atom. The molecule has 0 radical (unpaired) electrons. The molecule has 4 atom stereocenters. The molecule has 1 heterocycles. The van der Waals surface area contributed by atoms with Crippen LogP contribution in [0.4, 0.5) is 0 Å². The van der Waals surface area contributed by atoms with Crippen molar-refractivity contribution in [1.29, 1.82) is 0 Å². The van der Waals surface area contributed by atoms with Crippen molar-refractivity contribution in [3.63, 3.8) is 0 Å². The molecule has 30 heavy (non-hydrogen) atoms. The molecule has 1 fully saturated rings. The maximum absolute atomic E-state index is 11.0. The van der Waals surface area contributed by atoms with Gasteiger partial charge in [-0.2, -0.15) is 0 Å². The van der Waals surface area contributed by atoms with E-state index < -0.39 is 12.1 Å². The summed E-state index contributed by atoms with van der Waals surface area (Å²) in [5.41, 5.74) is 2.06. The number of hydrogen-bond acceptors (Lipinski definition) is 4. The molecule has 1 aromatic heterocycles. The number of rotatable bonds is 8. The summed E-state index contributed by atoms with van der Waals surface area (Å²) in [6, 6.07) is 11.5. The van der Waals surface area contributed by atoms with Gasteiger partial charge in [0, 0.05) is 22.4 Å². The molecular formula is C24H27ClO4S. The molecule has 0 bridgehead atoms.